The first-order valence-corrected chi connectivity index (χ1v) is 6.37. The molecule has 18 heavy (non-hydrogen) atoms. The first-order chi connectivity index (χ1) is 8.72. The molecule has 2 aromatic heterocycles. The first kappa shape index (κ1) is 12.6. The van der Waals surface area contributed by atoms with Crippen LogP contribution in [0.5, 0.6) is 0 Å². The Morgan fingerprint density at radius 3 is 2.72 bits per heavy atom. The lowest BCUT2D eigenvalue weighted by molar-refractivity contribution is -0.301. The monoisotopic (exact) mass is 263 g/mol. The Balaban J connectivity index is 2.30. The molecule has 0 aliphatic heterocycles. The minimum Gasteiger partial charge on any atom is -0.549 e. The standard InChI is InChI=1S/C11H12N4O2S/c1-2-15-10(8-3-5-12-6-4-8)13-14-11(15)18-7-9(16)17/h3-6H,2,7H2,1H3,(H,16,17)/p-1. The van der Waals surface area contributed by atoms with Crippen molar-refractivity contribution < 1.29 is 9.90 Å². The maximum Gasteiger partial charge on any atom is 0.191 e. The number of aliphatic carboxylic acids is 1. The highest BCUT2D eigenvalue weighted by molar-refractivity contribution is 7.99. The van der Waals surface area contributed by atoms with Gasteiger partial charge in [-0.2, -0.15) is 0 Å². The molecule has 2 heterocycles. The fourth-order valence-corrected chi connectivity index (χ4v) is 2.24. The molecule has 0 amide bonds. The third kappa shape index (κ3) is 2.67. The number of carbonyl (C=O) groups is 1. The molecule has 0 fully saturated rings. The normalized spacial score (nSPS) is 10.5. The van der Waals surface area contributed by atoms with E-state index in [1.807, 2.05) is 23.6 Å². The summed E-state index contributed by atoms with van der Waals surface area (Å²) in [6.07, 6.45) is 3.36. The molecule has 2 aromatic rings. The summed E-state index contributed by atoms with van der Waals surface area (Å²) in [6, 6.07) is 3.67. The van der Waals surface area contributed by atoms with E-state index in [1.54, 1.807) is 12.4 Å². The van der Waals surface area contributed by atoms with Gasteiger partial charge in [-0.25, -0.2) is 0 Å². The fourth-order valence-electron chi connectivity index (χ4n) is 1.52. The Morgan fingerprint density at radius 2 is 2.11 bits per heavy atom. The van der Waals surface area contributed by atoms with Crippen LogP contribution in [-0.4, -0.2) is 31.5 Å². The molecule has 0 N–H and O–H groups in total. The van der Waals surface area contributed by atoms with Crippen LogP contribution in [0.1, 0.15) is 6.92 Å². The average Bonchev–Trinajstić information content (AvgIpc) is 2.80. The molecular weight excluding hydrogens is 252 g/mol. The van der Waals surface area contributed by atoms with Crippen LogP contribution in [0.3, 0.4) is 0 Å². The van der Waals surface area contributed by atoms with E-state index in [-0.39, 0.29) is 5.75 Å². The molecule has 0 saturated carbocycles. The molecule has 2 rings (SSSR count). The Morgan fingerprint density at radius 1 is 1.39 bits per heavy atom. The highest BCUT2D eigenvalue weighted by Gasteiger charge is 2.12. The van der Waals surface area contributed by atoms with E-state index < -0.39 is 5.97 Å². The summed E-state index contributed by atoms with van der Waals surface area (Å²) >= 11 is 1.11. The number of carboxylic acids is 1. The van der Waals surface area contributed by atoms with Gasteiger partial charge in [-0.1, -0.05) is 11.8 Å². The smallest absolute Gasteiger partial charge is 0.191 e. The van der Waals surface area contributed by atoms with E-state index in [2.05, 4.69) is 15.2 Å². The zero-order valence-corrected chi connectivity index (χ0v) is 10.6. The van der Waals surface area contributed by atoms with Gasteiger partial charge in [0.05, 0.1) is 5.97 Å². The number of hydrogen-bond donors (Lipinski definition) is 0. The second-order valence-electron chi connectivity index (χ2n) is 3.45. The predicted molar refractivity (Wildman–Crippen MR) is 64.7 cm³/mol. The van der Waals surface area contributed by atoms with Crippen molar-refractivity contribution in [3.05, 3.63) is 24.5 Å². The average molecular weight is 263 g/mol. The maximum absolute atomic E-state index is 10.5. The molecule has 94 valence electrons. The highest BCUT2D eigenvalue weighted by atomic mass is 32.2. The summed E-state index contributed by atoms with van der Waals surface area (Å²) in [5, 5.41) is 19.1. The van der Waals surface area contributed by atoms with Gasteiger partial charge in [0.25, 0.3) is 0 Å². The number of nitrogens with zero attached hydrogens (tertiary/aromatic N) is 4. The van der Waals surface area contributed by atoms with Crippen molar-refractivity contribution in [2.45, 2.75) is 18.6 Å². The van der Waals surface area contributed by atoms with Crippen molar-refractivity contribution in [1.82, 2.24) is 19.7 Å². The van der Waals surface area contributed by atoms with Gasteiger partial charge in [-0.05, 0) is 19.1 Å². The number of pyridine rings is 1. The van der Waals surface area contributed by atoms with Gasteiger partial charge in [-0.15, -0.1) is 10.2 Å². The molecule has 0 bridgehead atoms. The predicted octanol–water partition coefficient (Wildman–Crippen LogP) is 0.202. The molecule has 0 unspecified atom stereocenters. The van der Waals surface area contributed by atoms with E-state index >= 15 is 0 Å². The second-order valence-corrected chi connectivity index (χ2v) is 4.39. The van der Waals surface area contributed by atoms with Crippen molar-refractivity contribution in [3.8, 4) is 11.4 Å². The fraction of sp³-hybridized carbons (Fsp3) is 0.273. The molecule has 0 aromatic carbocycles. The van der Waals surface area contributed by atoms with Crippen LogP contribution in [0.4, 0.5) is 0 Å². The molecule has 0 aliphatic carbocycles. The Labute approximate surface area is 108 Å². The summed E-state index contributed by atoms with van der Waals surface area (Å²) in [4.78, 5) is 14.4. The van der Waals surface area contributed by atoms with Gasteiger partial charge < -0.3 is 14.5 Å². The number of aromatic nitrogens is 4. The quantitative estimate of drug-likeness (QED) is 0.717. The summed E-state index contributed by atoms with van der Waals surface area (Å²) < 4.78 is 1.86. The number of carbonyl (C=O) groups excluding carboxylic acids is 1. The lowest BCUT2D eigenvalue weighted by Gasteiger charge is -2.07. The number of hydrogen-bond acceptors (Lipinski definition) is 6. The van der Waals surface area contributed by atoms with Crippen LogP contribution < -0.4 is 5.11 Å². The zero-order valence-electron chi connectivity index (χ0n) is 9.74. The first-order valence-electron chi connectivity index (χ1n) is 5.38. The van der Waals surface area contributed by atoms with E-state index in [4.69, 9.17) is 0 Å². The van der Waals surface area contributed by atoms with Crippen LogP contribution in [0.25, 0.3) is 11.4 Å². The van der Waals surface area contributed by atoms with Crippen molar-refractivity contribution in [1.29, 1.82) is 0 Å². The van der Waals surface area contributed by atoms with E-state index in [1.165, 1.54) is 0 Å². The molecule has 0 saturated heterocycles. The Bertz CT molecular complexity index is 541. The highest BCUT2D eigenvalue weighted by Crippen LogP contribution is 2.22. The van der Waals surface area contributed by atoms with Crippen molar-refractivity contribution in [2.24, 2.45) is 0 Å². The van der Waals surface area contributed by atoms with E-state index in [9.17, 15) is 9.90 Å². The lowest BCUT2D eigenvalue weighted by Crippen LogP contribution is -2.24. The van der Waals surface area contributed by atoms with Crippen LogP contribution >= 0.6 is 11.8 Å². The van der Waals surface area contributed by atoms with Gasteiger partial charge >= 0.3 is 0 Å². The number of thioether (sulfide) groups is 1. The van der Waals surface area contributed by atoms with Gasteiger partial charge in [0.2, 0.25) is 0 Å². The third-order valence-electron chi connectivity index (χ3n) is 2.29. The third-order valence-corrected chi connectivity index (χ3v) is 3.23. The second kappa shape index (κ2) is 5.63. The topological polar surface area (TPSA) is 83.7 Å². The molecule has 0 aliphatic rings. The number of carboxylic acid groups (broad SMARTS) is 1. The zero-order chi connectivity index (χ0) is 13.0. The van der Waals surface area contributed by atoms with E-state index in [0.717, 1.165) is 17.3 Å². The van der Waals surface area contributed by atoms with Crippen molar-refractivity contribution in [3.63, 3.8) is 0 Å². The molecule has 0 atom stereocenters. The molecule has 0 radical (unpaired) electrons. The molecule has 7 heteroatoms. The minimum atomic E-state index is -1.11. The van der Waals surface area contributed by atoms with Gasteiger partial charge in [-0.3, -0.25) is 4.98 Å². The summed E-state index contributed by atoms with van der Waals surface area (Å²) in [5.41, 5.74) is 0.902. The van der Waals surface area contributed by atoms with Crippen LogP contribution in [0.15, 0.2) is 29.7 Å². The van der Waals surface area contributed by atoms with Crippen LogP contribution in [-0.2, 0) is 11.3 Å². The van der Waals surface area contributed by atoms with E-state index in [0.29, 0.717) is 17.5 Å². The van der Waals surface area contributed by atoms with Gasteiger partial charge in [0, 0.05) is 30.3 Å². The SMILES string of the molecule is CCn1c(SCC(=O)[O-])nnc1-c1ccncc1. The van der Waals surface area contributed by atoms with Crippen molar-refractivity contribution in [2.75, 3.05) is 5.75 Å². The Hall–Kier alpha value is -1.89. The summed E-state index contributed by atoms with van der Waals surface area (Å²) in [7, 11) is 0. The lowest BCUT2D eigenvalue weighted by atomic mass is 10.2. The van der Waals surface area contributed by atoms with Crippen LogP contribution in [0.2, 0.25) is 0 Å². The minimum absolute atomic E-state index is 0.130. The van der Waals surface area contributed by atoms with Crippen LogP contribution in [0, 0.1) is 0 Å². The molecule has 0 spiro atoms. The Kier molecular flexibility index (Phi) is 3.93. The maximum atomic E-state index is 10.5. The van der Waals surface area contributed by atoms with Gasteiger partial charge in [0.15, 0.2) is 11.0 Å². The summed E-state index contributed by atoms with van der Waals surface area (Å²) in [6.45, 7) is 2.62. The number of rotatable bonds is 5. The van der Waals surface area contributed by atoms with Crippen molar-refractivity contribution >= 4 is 17.7 Å². The van der Waals surface area contributed by atoms with Gasteiger partial charge in [0.1, 0.15) is 0 Å². The molecule has 6 nitrogen and oxygen atoms in total. The molecular formula is C11H11N4O2S-. The largest absolute Gasteiger partial charge is 0.549 e. The summed E-state index contributed by atoms with van der Waals surface area (Å²) in [5.74, 6) is -0.536.